The number of nitrogens with zero attached hydrogens (tertiary/aromatic N) is 3. The van der Waals surface area contributed by atoms with E-state index in [0.29, 0.717) is 0 Å². The first-order valence-electron chi connectivity index (χ1n) is 8.47. The Kier molecular flexibility index (Phi) is 4.95. The number of imidazole rings is 1. The summed E-state index contributed by atoms with van der Waals surface area (Å²) in [5.41, 5.74) is 3.54. The predicted octanol–water partition coefficient (Wildman–Crippen LogP) is 4.29. The molecule has 5 heteroatoms. The fourth-order valence-corrected chi connectivity index (χ4v) is 4.00. The molecule has 1 unspecified atom stereocenters. The van der Waals surface area contributed by atoms with E-state index in [1.54, 1.807) is 18.3 Å². The summed E-state index contributed by atoms with van der Waals surface area (Å²) in [4.78, 5) is 13.3. The van der Waals surface area contributed by atoms with Crippen LogP contribution in [0.2, 0.25) is 0 Å². The molecule has 1 aromatic heterocycles. The van der Waals surface area contributed by atoms with Gasteiger partial charge in [-0.15, -0.1) is 0 Å². The van der Waals surface area contributed by atoms with E-state index >= 15 is 0 Å². The van der Waals surface area contributed by atoms with Crippen LogP contribution in [0.25, 0.3) is 0 Å². The zero-order valence-corrected chi connectivity index (χ0v) is 14.7. The third-order valence-corrected chi connectivity index (χ3v) is 5.51. The number of H-pyrrole nitrogens is 1. The molecule has 1 aliphatic rings. The molecule has 0 bridgehead atoms. The van der Waals surface area contributed by atoms with E-state index in [2.05, 4.69) is 69.0 Å². The van der Waals surface area contributed by atoms with E-state index in [4.69, 9.17) is 4.99 Å². The largest absolute Gasteiger partial charge is 0.348 e. The van der Waals surface area contributed by atoms with Gasteiger partial charge < -0.3 is 4.98 Å². The van der Waals surface area contributed by atoms with Gasteiger partial charge in [0.15, 0.2) is 0 Å². The van der Waals surface area contributed by atoms with Gasteiger partial charge in [-0.05, 0) is 36.1 Å². The third-order valence-electron chi connectivity index (χ3n) is 4.28. The number of fused-ring (bicyclic) bond motifs is 1. The fraction of sp³-hybridized carbons (Fsp3) is 0.200. The number of aromatic nitrogens is 2. The summed E-state index contributed by atoms with van der Waals surface area (Å²) < 4.78 is 2.43. The highest BCUT2D eigenvalue weighted by atomic mass is 32.2. The molecule has 0 fully saturated rings. The monoisotopic (exact) mass is 348 g/mol. The van der Waals surface area contributed by atoms with Crippen LogP contribution in [-0.4, -0.2) is 33.1 Å². The number of hydrogen-bond donors (Lipinski definition) is 1. The SMILES string of the molecule is C1=Nc2ccccc2SN(CCc2ccccc2)C1Cc1cnc[nH]1. The zero-order valence-electron chi connectivity index (χ0n) is 13.9. The smallest absolute Gasteiger partial charge is 0.0921 e. The Morgan fingerprint density at radius 1 is 1.04 bits per heavy atom. The van der Waals surface area contributed by atoms with Gasteiger partial charge in [-0.3, -0.25) is 4.99 Å². The van der Waals surface area contributed by atoms with Crippen molar-refractivity contribution < 1.29 is 0 Å². The molecular formula is C20H20N4S. The number of hydrogen-bond acceptors (Lipinski definition) is 4. The second kappa shape index (κ2) is 7.68. The van der Waals surface area contributed by atoms with E-state index < -0.39 is 0 Å². The van der Waals surface area contributed by atoms with E-state index in [9.17, 15) is 0 Å². The van der Waals surface area contributed by atoms with Gasteiger partial charge in [-0.25, -0.2) is 9.29 Å². The Morgan fingerprint density at radius 3 is 2.72 bits per heavy atom. The zero-order chi connectivity index (χ0) is 16.9. The maximum atomic E-state index is 4.73. The molecule has 0 amide bonds. The van der Waals surface area contributed by atoms with Gasteiger partial charge in [0.05, 0.1) is 18.1 Å². The van der Waals surface area contributed by atoms with Gasteiger partial charge in [-0.2, -0.15) is 0 Å². The van der Waals surface area contributed by atoms with Gasteiger partial charge >= 0.3 is 0 Å². The lowest BCUT2D eigenvalue weighted by atomic mass is 10.1. The average molecular weight is 348 g/mol. The molecule has 0 spiro atoms. The first-order valence-corrected chi connectivity index (χ1v) is 9.25. The highest BCUT2D eigenvalue weighted by Gasteiger charge is 2.23. The number of rotatable bonds is 5. The molecule has 25 heavy (non-hydrogen) atoms. The molecule has 4 rings (SSSR count). The second-order valence-corrected chi connectivity index (χ2v) is 7.15. The van der Waals surface area contributed by atoms with Gasteiger partial charge in [0.1, 0.15) is 0 Å². The van der Waals surface area contributed by atoms with Crippen molar-refractivity contribution in [2.24, 2.45) is 4.99 Å². The second-order valence-electron chi connectivity index (χ2n) is 6.06. The summed E-state index contributed by atoms with van der Waals surface area (Å²) in [5, 5.41) is 0. The van der Waals surface area contributed by atoms with Crippen molar-refractivity contribution >= 4 is 23.8 Å². The quantitative estimate of drug-likeness (QED) is 0.700. The molecular weight excluding hydrogens is 328 g/mol. The molecule has 0 radical (unpaired) electrons. The maximum absolute atomic E-state index is 4.73. The lowest BCUT2D eigenvalue weighted by molar-refractivity contribution is 0.429. The molecule has 0 saturated heterocycles. The Hall–Kier alpha value is -2.37. The summed E-state index contributed by atoms with van der Waals surface area (Å²) >= 11 is 1.80. The average Bonchev–Trinajstić information content (AvgIpc) is 3.10. The van der Waals surface area contributed by atoms with Gasteiger partial charge in [0, 0.05) is 36.0 Å². The first-order chi connectivity index (χ1) is 12.4. The van der Waals surface area contributed by atoms with Gasteiger partial charge in [0.25, 0.3) is 0 Å². The van der Waals surface area contributed by atoms with Crippen molar-refractivity contribution in [2.45, 2.75) is 23.8 Å². The minimum atomic E-state index is 0.224. The van der Waals surface area contributed by atoms with Crippen molar-refractivity contribution in [2.75, 3.05) is 6.54 Å². The Morgan fingerprint density at radius 2 is 1.88 bits per heavy atom. The Labute approximate surface area is 152 Å². The summed E-state index contributed by atoms with van der Waals surface area (Å²) in [5.74, 6) is 0. The molecule has 1 N–H and O–H groups in total. The predicted molar refractivity (Wildman–Crippen MR) is 103 cm³/mol. The van der Waals surface area contributed by atoms with Gasteiger partial charge in [-0.1, -0.05) is 42.5 Å². The number of aromatic amines is 1. The fourth-order valence-electron chi connectivity index (χ4n) is 2.95. The highest BCUT2D eigenvalue weighted by molar-refractivity contribution is 7.97. The van der Waals surface area contributed by atoms with Crippen LogP contribution in [0.4, 0.5) is 5.69 Å². The molecule has 0 saturated carbocycles. The summed E-state index contributed by atoms with van der Waals surface area (Å²) in [6.07, 6.45) is 7.60. The lowest BCUT2D eigenvalue weighted by Crippen LogP contribution is -2.34. The van der Waals surface area contributed by atoms with Crippen molar-refractivity contribution in [3.8, 4) is 0 Å². The van der Waals surface area contributed by atoms with Gasteiger partial charge in [0.2, 0.25) is 0 Å². The molecule has 4 nitrogen and oxygen atoms in total. The van der Waals surface area contributed by atoms with Crippen LogP contribution in [0.15, 0.2) is 77.0 Å². The van der Waals surface area contributed by atoms with E-state index in [0.717, 1.165) is 30.8 Å². The van der Waals surface area contributed by atoms with Crippen LogP contribution in [0, 0.1) is 0 Å². The molecule has 1 atom stereocenters. The molecule has 0 aliphatic carbocycles. The Balaban J connectivity index is 1.55. The summed E-state index contributed by atoms with van der Waals surface area (Å²) in [6.45, 7) is 0.966. The van der Waals surface area contributed by atoms with E-state index in [-0.39, 0.29) is 6.04 Å². The molecule has 2 heterocycles. The van der Waals surface area contributed by atoms with E-state index in [1.165, 1.54) is 10.5 Å². The normalized spacial score (nSPS) is 17.2. The minimum Gasteiger partial charge on any atom is -0.348 e. The minimum absolute atomic E-state index is 0.224. The first kappa shape index (κ1) is 16.1. The molecule has 1 aliphatic heterocycles. The van der Waals surface area contributed by atoms with Crippen LogP contribution < -0.4 is 0 Å². The van der Waals surface area contributed by atoms with Crippen molar-refractivity contribution in [1.29, 1.82) is 0 Å². The standard InChI is InChI=1S/C20H20N4S/c1-2-6-16(7-3-1)10-11-24-18(12-17-13-21-15-23-17)14-22-19-8-4-5-9-20(19)25-24/h1-9,13-15,18H,10-12H2,(H,21,23). The topological polar surface area (TPSA) is 44.3 Å². The highest BCUT2D eigenvalue weighted by Crippen LogP contribution is 2.35. The van der Waals surface area contributed by atoms with Crippen LogP contribution in [0.3, 0.4) is 0 Å². The van der Waals surface area contributed by atoms with Crippen molar-refractivity contribution in [3.63, 3.8) is 0 Å². The van der Waals surface area contributed by atoms with Crippen LogP contribution >= 0.6 is 11.9 Å². The lowest BCUT2D eigenvalue weighted by Gasteiger charge is -2.26. The summed E-state index contributed by atoms with van der Waals surface area (Å²) in [6, 6.07) is 19.2. The number of benzene rings is 2. The van der Waals surface area contributed by atoms with Crippen LogP contribution in [0.1, 0.15) is 11.3 Å². The molecule has 3 aromatic rings. The van der Waals surface area contributed by atoms with Crippen LogP contribution in [0.5, 0.6) is 0 Å². The maximum Gasteiger partial charge on any atom is 0.0921 e. The summed E-state index contributed by atoms with van der Waals surface area (Å²) in [7, 11) is 0. The molecule has 126 valence electrons. The number of aliphatic imine (C=N–C) groups is 1. The number of para-hydroxylation sites is 1. The van der Waals surface area contributed by atoms with E-state index in [1.807, 2.05) is 12.3 Å². The van der Waals surface area contributed by atoms with Crippen LogP contribution in [-0.2, 0) is 12.8 Å². The number of nitrogens with one attached hydrogen (secondary N) is 1. The van der Waals surface area contributed by atoms with Crippen molar-refractivity contribution in [3.05, 3.63) is 78.4 Å². The Bertz CT molecular complexity index is 830. The molecule has 2 aromatic carbocycles. The van der Waals surface area contributed by atoms with Crippen molar-refractivity contribution in [1.82, 2.24) is 14.3 Å². The third kappa shape index (κ3) is 4.00.